The van der Waals surface area contributed by atoms with Gasteiger partial charge in [-0.2, -0.15) is 0 Å². The minimum Gasteiger partial charge on any atom is -0.356 e. The van der Waals surface area contributed by atoms with Crippen LogP contribution in [0, 0.1) is 5.82 Å². The summed E-state index contributed by atoms with van der Waals surface area (Å²) in [5.74, 6) is 0.299. The number of carbonyl (C=O) groups is 1. The average molecular weight is 337 g/mol. The molecule has 0 aliphatic carbocycles. The van der Waals surface area contributed by atoms with Crippen molar-refractivity contribution in [2.75, 3.05) is 6.54 Å². The van der Waals surface area contributed by atoms with Crippen molar-refractivity contribution in [1.29, 1.82) is 0 Å². The van der Waals surface area contributed by atoms with Gasteiger partial charge in [0, 0.05) is 25.9 Å². The molecule has 0 spiro atoms. The van der Waals surface area contributed by atoms with Crippen LogP contribution in [0.2, 0.25) is 0 Å². The van der Waals surface area contributed by atoms with Gasteiger partial charge in [0.15, 0.2) is 0 Å². The highest BCUT2D eigenvalue weighted by Gasteiger charge is 2.15. The number of nitrogens with one attached hydrogen (secondary N) is 1. The lowest BCUT2D eigenvalue weighted by atomic mass is 10.0. The van der Waals surface area contributed by atoms with Crippen LogP contribution in [0.4, 0.5) is 4.39 Å². The summed E-state index contributed by atoms with van der Waals surface area (Å²) in [6.07, 6.45) is 0.766. The lowest BCUT2D eigenvalue weighted by Crippen LogP contribution is -2.35. The molecule has 25 heavy (non-hydrogen) atoms. The highest BCUT2D eigenvalue weighted by atomic mass is 19.1. The molecule has 1 aliphatic heterocycles. The molecule has 0 saturated carbocycles. The summed E-state index contributed by atoms with van der Waals surface area (Å²) in [6.45, 7) is 0.787. The highest BCUT2D eigenvalue weighted by molar-refractivity contribution is 5.83. The Labute approximate surface area is 143 Å². The molecule has 0 atom stereocenters. The van der Waals surface area contributed by atoms with Gasteiger partial charge in [-0.05, 0) is 35.4 Å². The van der Waals surface area contributed by atoms with E-state index in [1.165, 1.54) is 12.1 Å². The first-order valence-corrected chi connectivity index (χ1v) is 8.18. The molecule has 6 heteroatoms. The number of hydrogen-bond acceptors (Lipinski definition) is 3. The van der Waals surface area contributed by atoms with Gasteiger partial charge in [-0.3, -0.25) is 14.2 Å². The van der Waals surface area contributed by atoms with E-state index in [1.807, 2.05) is 12.1 Å². The summed E-state index contributed by atoms with van der Waals surface area (Å²) in [7, 11) is 0. The van der Waals surface area contributed by atoms with Crippen LogP contribution in [-0.4, -0.2) is 22.0 Å². The number of carbonyl (C=O) groups excluding carboxylic acids is 1. The number of nitrogens with zero attached hydrogens (tertiary/aromatic N) is 2. The third kappa shape index (κ3) is 2.91. The first-order valence-electron chi connectivity index (χ1n) is 8.18. The van der Waals surface area contributed by atoms with E-state index in [1.54, 1.807) is 22.8 Å². The summed E-state index contributed by atoms with van der Waals surface area (Å²) in [6, 6.07) is 11.6. The summed E-state index contributed by atoms with van der Waals surface area (Å²) in [5, 5.41) is 3.30. The average Bonchev–Trinajstić information content (AvgIpc) is 2.59. The maximum atomic E-state index is 13.5. The van der Waals surface area contributed by atoms with E-state index in [2.05, 4.69) is 10.3 Å². The van der Waals surface area contributed by atoms with Crippen molar-refractivity contribution < 1.29 is 9.18 Å². The molecule has 126 valence electrons. The second-order valence-corrected chi connectivity index (χ2v) is 6.08. The fraction of sp³-hybridized carbons (Fsp3) is 0.211. The van der Waals surface area contributed by atoms with Gasteiger partial charge in [0.2, 0.25) is 5.91 Å². The smallest absolute Gasteiger partial charge is 0.261 e. The van der Waals surface area contributed by atoms with E-state index in [4.69, 9.17) is 0 Å². The lowest BCUT2D eigenvalue weighted by molar-refractivity contribution is -0.121. The van der Waals surface area contributed by atoms with Crippen molar-refractivity contribution in [3.05, 3.63) is 64.5 Å². The molecular weight excluding hydrogens is 321 g/mol. The Balaban J connectivity index is 1.86. The van der Waals surface area contributed by atoms with Crippen LogP contribution in [0.1, 0.15) is 12.2 Å². The Hall–Kier alpha value is -3.02. The highest BCUT2D eigenvalue weighted by Crippen LogP contribution is 2.23. The van der Waals surface area contributed by atoms with Gasteiger partial charge in [-0.25, -0.2) is 9.37 Å². The SMILES string of the molecule is O=C1CCn2c(nc3cc(-c4cccc(F)c4)ccc3c2=O)CCN1. The molecule has 0 bridgehead atoms. The molecule has 0 radical (unpaired) electrons. The van der Waals surface area contributed by atoms with Crippen molar-refractivity contribution >= 4 is 16.8 Å². The molecular formula is C19H16FN3O2. The van der Waals surface area contributed by atoms with E-state index in [0.717, 1.165) is 11.1 Å². The molecule has 0 unspecified atom stereocenters. The summed E-state index contributed by atoms with van der Waals surface area (Å²) in [5.41, 5.74) is 2.00. The first kappa shape index (κ1) is 15.5. The van der Waals surface area contributed by atoms with E-state index in [-0.39, 0.29) is 23.7 Å². The second kappa shape index (κ2) is 6.12. The molecule has 2 heterocycles. The number of halogens is 1. The van der Waals surface area contributed by atoms with Crippen molar-refractivity contribution in [3.8, 4) is 11.1 Å². The zero-order valence-corrected chi connectivity index (χ0v) is 13.5. The Bertz CT molecular complexity index is 1040. The Kier molecular flexibility index (Phi) is 3.80. The number of rotatable bonds is 1. The normalized spacial score (nSPS) is 14.5. The van der Waals surface area contributed by atoms with Crippen LogP contribution in [0.25, 0.3) is 22.0 Å². The first-order chi connectivity index (χ1) is 12.1. The van der Waals surface area contributed by atoms with Crippen molar-refractivity contribution in [2.24, 2.45) is 0 Å². The summed E-state index contributed by atoms with van der Waals surface area (Å²) < 4.78 is 15.1. The van der Waals surface area contributed by atoms with Gasteiger partial charge >= 0.3 is 0 Å². The van der Waals surface area contributed by atoms with Gasteiger partial charge in [0.1, 0.15) is 11.6 Å². The van der Waals surface area contributed by atoms with Crippen LogP contribution in [0.5, 0.6) is 0 Å². The standard InChI is InChI=1S/C19H16FN3O2/c20-14-3-1-2-12(10-14)13-4-5-15-16(11-13)22-17-6-8-21-18(24)7-9-23(17)19(15)25/h1-5,10-11H,6-9H2,(H,21,24). The third-order valence-corrected chi connectivity index (χ3v) is 4.43. The fourth-order valence-corrected chi connectivity index (χ4v) is 3.15. The number of benzene rings is 2. The molecule has 1 amide bonds. The topological polar surface area (TPSA) is 64.0 Å². The van der Waals surface area contributed by atoms with E-state index < -0.39 is 0 Å². The van der Waals surface area contributed by atoms with Crippen molar-refractivity contribution in [3.63, 3.8) is 0 Å². The Morgan fingerprint density at radius 1 is 1.04 bits per heavy atom. The minimum atomic E-state index is -0.306. The number of amides is 1. The lowest BCUT2D eigenvalue weighted by Gasteiger charge is -2.17. The van der Waals surface area contributed by atoms with Crippen LogP contribution in [0.3, 0.4) is 0 Å². The number of fused-ring (bicyclic) bond motifs is 2. The molecule has 1 aliphatic rings. The van der Waals surface area contributed by atoms with Gasteiger partial charge in [0.25, 0.3) is 5.56 Å². The van der Waals surface area contributed by atoms with Crippen LogP contribution in [-0.2, 0) is 17.8 Å². The van der Waals surface area contributed by atoms with Gasteiger partial charge in [-0.1, -0.05) is 18.2 Å². The molecule has 0 saturated heterocycles. The summed E-state index contributed by atoms with van der Waals surface area (Å²) >= 11 is 0. The Morgan fingerprint density at radius 3 is 2.72 bits per heavy atom. The van der Waals surface area contributed by atoms with Gasteiger partial charge in [-0.15, -0.1) is 0 Å². The second-order valence-electron chi connectivity index (χ2n) is 6.08. The number of aromatic nitrogens is 2. The van der Waals surface area contributed by atoms with Crippen LogP contribution < -0.4 is 10.9 Å². The summed E-state index contributed by atoms with van der Waals surface area (Å²) in [4.78, 5) is 29.0. The van der Waals surface area contributed by atoms with Crippen molar-refractivity contribution in [1.82, 2.24) is 14.9 Å². The van der Waals surface area contributed by atoms with Crippen molar-refractivity contribution in [2.45, 2.75) is 19.4 Å². The number of hydrogen-bond donors (Lipinski definition) is 1. The molecule has 3 aromatic rings. The minimum absolute atomic E-state index is 0.0564. The van der Waals surface area contributed by atoms with Gasteiger partial charge < -0.3 is 5.32 Å². The van der Waals surface area contributed by atoms with Crippen LogP contribution >= 0.6 is 0 Å². The maximum Gasteiger partial charge on any atom is 0.261 e. The fourth-order valence-electron chi connectivity index (χ4n) is 3.15. The zero-order chi connectivity index (χ0) is 17.4. The molecule has 2 aromatic carbocycles. The molecule has 4 rings (SSSR count). The van der Waals surface area contributed by atoms with Crippen LogP contribution in [0.15, 0.2) is 47.3 Å². The van der Waals surface area contributed by atoms with Gasteiger partial charge in [0.05, 0.1) is 10.9 Å². The van der Waals surface area contributed by atoms with E-state index >= 15 is 0 Å². The molecule has 1 aromatic heterocycles. The Morgan fingerprint density at radius 2 is 1.88 bits per heavy atom. The van der Waals surface area contributed by atoms with E-state index in [9.17, 15) is 14.0 Å². The predicted molar refractivity (Wildman–Crippen MR) is 92.7 cm³/mol. The van der Waals surface area contributed by atoms with E-state index in [0.29, 0.717) is 36.2 Å². The molecule has 5 nitrogen and oxygen atoms in total. The maximum absolute atomic E-state index is 13.5. The quantitative estimate of drug-likeness (QED) is 0.741. The zero-order valence-electron chi connectivity index (χ0n) is 13.5. The largest absolute Gasteiger partial charge is 0.356 e. The molecule has 1 N–H and O–H groups in total. The molecule has 0 fully saturated rings. The third-order valence-electron chi connectivity index (χ3n) is 4.43. The predicted octanol–water partition coefficient (Wildman–Crippen LogP) is 2.26. The monoisotopic (exact) mass is 337 g/mol.